The van der Waals surface area contributed by atoms with Crippen LogP contribution in [0.4, 0.5) is 0 Å². The van der Waals surface area contributed by atoms with Gasteiger partial charge in [0.2, 0.25) is 5.91 Å². The normalized spacial score (nSPS) is 26.3. The number of primary amides is 1. The third kappa shape index (κ3) is 4.74. The number of hydrogen-bond acceptors (Lipinski definition) is 3. The maximum Gasteiger partial charge on any atom is 0.237 e. The monoisotopic (exact) mass is 283 g/mol. The predicted molar refractivity (Wildman–Crippen MR) is 84.3 cm³/mol. The molecule has 2 unspecified atom stereocenters. The van der Waals surface area contributed by atoms with E-state index in [1.807, 2.05) is 0 Å². The Morgan fingerprint density at radius 3 is 2.30 bits per heavy atom. The molecule has 0 bridgehead atoms. The highest BCUT2D eigenvalue weighted by atomic mass is 16.1. The van der Waals surface area contributed by atoms with Gasteiger partial charge in [-0.1, -0.05) is 33.1 Å². The lowest BCUT2D eigenvalue weighted by atomic mass is 9.85. The van der Waals surface area contributed by atoms with Crippen molar-refractivity contribution >= 4 is 5.91 Å². The van der Waals surface area contributed by atoms with Gasteiger partial charge in [-0.25, -0.2) is 0 Å². The summed E-state index contributed by atoms with van der Waals surface area (Å²) in [4.78, 5) is 14.1. The summed E-state index contributed by atoms with van der Waals surface area (Å²) < 4.78 is 0. The molecule has 20 heavy (non-hydrogen) atoms. The molecule has 0 aromatic carbocycles. The van der Waals surface area contributed by atoms with Crippen LogP contribution in [0, 0.1) is 5.92 Å². The van der Waals surface area contributed by atoms with Crippen molar-refractivity contribution in [2.24, 2.45) is 17.4 Å². The first-order valence-electron chi connectivity index (χ1n) is 8.35. The summed E-state index contributed by atoms with van der Waals surface area (Å²) in [6, 6.07) is 0. The summed E-state index contributed by atoms with van der Waals surface area (Å²) in [5.74, 6) is -0.0422. The van der Waals surface area contributed by atoms with Gasteiger partial charge in [0, 0.05) is 0 Å². The Hall–Kier alpha value is -0.610. The summed E-state index contributed by atoms with van der Waals surface area (Å²) in [6.07, 6.45) is 8.81. The molecule has 118 valence electrons. The van der Waals surface area contributed by atoms with Gasteiger partial charge in [0.15, 0.2) is 0 Å². The molecule has 0 spiro atoms. The van der Waals surface area contributed by atoms with Gasteiger partial charge < -0.3 is 16.4 Å². The van der Waals surface area contributed by atoms with Gasteiger partial charge >= 0.3 is 0 Å². The maximum atomic E-state index is 11.6. The van der Waals surface area contributed by atoms with Crippen molar-refractivity contribution in [1.29, 1.82) is 0 Å². The zero-order valence-electron chi connectivity index (χ0n) is 13.4. The SMILES string of the molecule is CCCCN(CCCC)CCC1CCCC1(N)C(N)=O. The third-order valence-electron chi connectivity index (χ3n) is 4.78. The minimum atomic E-state index is -0.749. The summed E-state index contributed by atoms with van der Waals surface area (Å²) in [7, 11) is 0. The van der Waals surface area contributed by atoms with Crippen LogP contribution in [0.3, 0.4) is 0 Å². The van der Waals surface area contributed by atoms with Crippen LogP contribution in [0.5, 0.6) is 0 Å². The van der Waals surface area contributed by atoms with E-state index in [-0.39, 0.29) is 11.8 Å². The van der Waals surface area contributed by atoms with E-state index in [0.29, 0.717) is 0 Å². The minimum absolute atomic E-state index is 0.269. The topological polar surface area (TPSA) is 72.3 Å². The first-order chi connectivity index (χ1) is 9.54. The summed E-state index contributed by atoms with van der Waals surface area (Å²) in [6.45, 7) is 7.84. The van der Waals surface area contributed by atoms with Crippen molar-refractivity contribution in [3.05, 3.63) is 0 Å². The fourth-order valence-electron chi connectivity index (χ4n) is 3.27. The summed E-state index contributed by atoms with van der Waals surface area (Å²) >= 11 is 0. The molecular weight excluding hydrogens is 250 g/mol. The van der Waals surface area contributed by atoms with E-state index in [9.17, 15) is 4.79 Å². The van der Waals surface area contributed by atoms with Gasteiger partial charge in [-0.3, -0.25) is 4.79 Å². The van der Waals surface area contributed by atoms with E-state index in [0.717, 1.165) is 45.3 Å². The fourth-order valence-corrected chi connectivity index (χ4v) is 3.27. The van der Waals surface area contributed by atoms with Crippen LogP contribution in [-0.4, -0.2) is 36.0 Å². The average Bonchev–Trinajstić information content (AvgIpc) is 2.81. The van der Waals surface area contributed by atoms with Gasteiger partial charge in [0.05, 0.1) is 5.54 Å². The number of hydrogen-bond donors (Lipinski definition) is 2. The Morgan fingerprint density at radius 2 is 1.80 bits per heavy atom. The Balaban J connectivity index is 2.46. The van der Waals surface area contributed by atoms with E-state index in [1.54, 1.807) is 0 Å². The Bertz CT molecular complexity index is 287. The standard InChI is InChI=1S/C16H33N3O/c1-3-5-11-19(12-6-4-2)13-9-14-8-7-10-16(14,18)15(17)20/h14H,3-13,18H2,1-2H3,(H2,17,20). The number of amides is 1. The minimum Gasteiger partial charge on any atom is -0.368 e. The van der Waals surface area contributed by atoms with Crippen LogP contribution >= 0.6 is 0 Å². The van der Waals surface area contributed by atoms with E-state index >= 15 is 0 Å². The highest BCUT2D eigenvalue weighted by molar-refractivity contribution is 5.85. The van der Waals surface area contributed by atoms with Gasteiger partial charge in [-0.15, -0.1) is 0 Å². The van der Waals surface area contributed by atoms with E-state index in [2.05, 4.69) is 18.7 Å². The van der Waals surface area contributed by atoms with Gasteiger partial charge in [0.1, 0.15) is 0 Å². The van der Waals surface area contributed by atoms with Crippen LogP contribution in [0.25, 0.3) is 0 Å². The molecule has 0 radical (unpaired) electrons. The number of nitrogens with zero attached hydrogens (tertiary/aromatic N) is 1. The maximum absolute atomic E-state index is 11.6. The zero-order valence-corrected chi connectivity index (χ0v) is 13.4. The van der Waals surface area contributed by atoms with Gasteiger partial charge in [-0.05, 0) is 57.7 Å². The lowest BCUT2D eigenvalue weighted by Crippen LogP contribution is -2.55. The summed E-state index contributed by atoms with van der Waals surface area (Å²) in [5, 5.41) is 0. The quantitative estimate of drug-likeness (QED) is 0.646. The second-order valence-corrected chi connectivity index (χ2v) is 6.33. The molecule has 1 saturated carbocycles. The number of carbonyl (C=O) groups is 1. The molecule has 4 N–H and O–H groups in total. The van der Waals surface area contributed by atoms with Crippen molar-refractivity contribution in [2.45, 2.75) is 70.8 Å². The highest BCUT2D eigenvalue weighted by Crippen LogP contribution is 2.36. The van der Waals surface area contributed by atoms with Crippen LogP contribution < -0.4 is 11.5 Å². The lowest BCUT2D eigenvalue weighted by molar-refractivity contribution is -0.124. The molecule has 1 aliphatic rings. The van der Waals surface area contributed by atoms with E-state index < -0.39 is 5.54 Å². The van der Waals surface area contributed by atoms with Crippen molar-refractivity contribution in [1.82, 2.24) is 4.90 Å². The highest BCUT2D eigenvalue weighted by Gasteiger charge is 2.43. The van der Waals surface area contributed by atoms with Crippen LogP contribution in [0.1, 0.15) is 65.2 Å². The molecule has 1 rings (SSSR count). The third-order valence-corrected chi connectivity index (χ3v) is 4.78. The molecule has 0 saturated heterocycles. The molecule has 0 heterocycles. The molecule has 0 aliphatic heterocycles. The van der Waals surface area contributed by atoms with Crippen molar-refractivity contribution in [3.8, 4) is 0 Å². The van der Waals surface area contributed by atoms with Crippen molar-refractivity contribution < 1.29 is 4.79 Å². The first-order valence-corrected chi connectivity index (χ1v) is 8.35. The Kier molecular flexibility index (Phi) is 7.52. The smallest absolute Gasteiger partial charge is 0.237 e. The molecule has 0 aromatic rings. The number of carbonyl (C=O) groups excluding carboxylic acids is 1. The molecule has 0 aromatic heterocycles. The molecule has 1 amide bonds. The molecular formula is C16H33N3O. The summed E-state index contributed by atoms with van der Waals surface area (Å²) in [5.41, 5.74) is 11.0. The molecule has 4 nitrogen and oxygen atoms in total. The first kappa shape index (κ1) is 17.4. The Morgan fingerprint density at radius 1 is 1.20 bits per heavy atom. The van der Waals surface area contributed by atoms with Crippen LogP contribution in [-0.2, 0) is 4.79 Å². The van der Waals surface area contributed by atoms with Gasteiger partial charge in [0.25, 0.3) is 0 Å². The molecule has 4 heteroatoms. The molecule has 2 atom stereocenters. The second kappa shape index (κ2) is 8.63. The number of unbranched alkanes of at least 4 members (excludes halogenated alkanes) is 2. The van der Waals surface area contributed by atoms with Crippen molar-refractivity contribution in [3.63, 3.8) is 0 Å². The lowest BCUT2D eigenvalue weighted by Gasteiger charge is -2.30. The van der Waals surface area contributed by atoms with Gasteiger partial charge in [-0.2, -0.15) is 0 Å². The fraction of sp³-hybridized carbons (Fsp3) is 0.938. The van der Waals surface area contributed by atoms with E-state index in [1.165, 1.54) is 25.7 Å². The zero-order chi connectivity index (χ0) is 15.0. The van der Waals surface area contributed by atoms with Crippen LogP contribution in [0.15, 0.2) is 0 Å². The average molecular weight is 283 g/mol. The number of rotatable bonds is 10. The molecule has 1 fully saturated rings. The Labute approximate surface area is 124 Å². The van der Waals surface area contributed by atoms with Crippen LogP contribution in [0.2, 0.25) is 0 Å². The number of nitrogens with two attached hydrogens (primary N) is 2. The molecule has 1 aliphatic carbocycles. The van der Waals surface area contributed by atoms with Crippen molar-refractivity contribution in [2.75, 3.05) is 19.6 Å². The second-order valence-electron chi connectivity index (χ2n) is 6.33. The van der Waals surface area contributed by atoms with E-state index in [4.69, 9.17) is 11.5 Å². The predicted octanol–water partition coefficient (Wildman–Crippen LogP) is 2.26. The largest absolute Gasteiger partial charge is 0.368 e.